The van der Waals surface area contributed by atoms with Gasteiger partial charge in [0.25, 0.3) is 0 Å². The molecule has 0 heterocycles. The Morgan fingerprint density at radius 3 is 1.88 bits per heavy atom. The third kappa shape index (κ3) is 2.30. The molecule has 0 saturated carbocycles. The maximum atomic E-state index is 12.1. The molecular formula is C13H16O4. The zero-order valence-corrected chi connectivity index (χ0v) is 10.7. The Morgan fingerprint density at radius 2 is 1.47 bits per heavy atom. The number of rotatable bonds is 3. The molecule has 1 aliphatic carbocycles. The third-order valence-corrected chi connectivity index (χ3v) is 2.45. The van der Waals surface area contributed by atoms with Crippen LogP contribution in [0, 0.1) is 0 Å². The van der Waals surface area contributed by atoms with Gasteiger partial charge in [0.05, 0.1) is 14.2 Å². The Balaban J connectivity index is 3.39. The Bertz CT molecular complexity index is 460. The molecule has 1 rings (SSSR count). The minimum Gasteiger partial charge on any atom is -0.489 e. The molecular weight excluding hydrogens is 220 g/mol. The number of allylic oxidation sites excluding steroid dienone is 4. The second-order valence-corrected chi connectivity index (χ2v) is 3.99. The number of carbonyl (C=O) groups is 2. The number of ketones is 2. The van der Waals surface area contributed by atoms with Crippen LogP contribution in [-0.2, 0) is 19.1 Å². The lowest BCUT2D eigenvalue weighted by Crippen LogP contribution is -2.24. The summed E-state index contributed by atoms with van der Waals surface area (Å²) in [6.45, 7) is 5.33. The number of Topliss-reactive ketones (excluding diaryl/α,β-unsaturated/α-hetero) is 2. The average molecular weight is 236 g/mol. The molecule has 0 aromatic carbocycles. The van der Waals surface area contributed by atoms with Crippen molar-refractivity contribution in [3.8, 4) is 0 Å². The summed E-state index contributed by atoms with van der Waals surface area (Å²) >= 11 is 0. The Labute approximate surface area is 101 Å². The van der Waals surface area contributed by atoms with Crippen molar-refractivity contribution in [2.75, 3.05) is 14.2 Å². The van der Waals surface area contributed by atoms with Crippen molar-refractivity contribution in [1.82, 2.24) is 0 Å². The van der Waals surface area contributed by atoms with Gasteiger partial charge in [-0.3, -0.25) is 9.59 Å². The fourth-order valence-corrected chi connectivity index (χ4v) is 1.62. The molecule has 0 bridgehead atoms. The van der Waals surface area contributed by atoms with Crippen molar-refractivity contribution in [3.05, 3.63) is 34.3 Å². The molecule has 0 aromatic rings. The van der Waals surface area contributed by atoms with Crippen LogP contribution in [0.15, 0.2) is 34.3 Å². The number of hydrogen-bond acceptors (Lipinski definition) is 4. The highest BCUT2D eigenvalue weighted by atomic mass is 16.5. The van der Waals surface area contributed by atoms with Gasteiger partial charge in [-0.15, -0.1) is 0 Å². The smallest absolute Gasteiger partial charge is 0.232 e. The minimum absolute atomic E-state index is 0.0269. The Kier molecular flexibility index (Phi) is 3.89. The summed E-state index contributed by atoms with van der Waals surface area (Å²) in [6, 6.07) is 0. The lowest BCUT2D eigenvalue weighted by molar-refractivity contribution is -0.120. The van der Waals surface area contributed by atoms with Crippen LogP contribution in [-0.4, -0.2) is 25.8 Å². The van der Waals surface area contributed by atoms with Gasteiger partial charge < -0.3 is 9.47 Å². The summed E-state index contributed by atoms with van der Waals surface area (Å²) in [4.78, 5) is 24.1. The van der Waals surface area contributed by atoms with E-state index in [4.69, 9.17) is 9.47 Å². The van der Waals surface area contributed by atoms with Gasteiger partial charge in [0.2, 0.25) is 23.1 Å². The zero-order valence-electron chi connectivity index (χ0n) is 10.7. The van der Waals surface area contributed by atoms with E-state index in [0.717, 1.165) is 5.57 Å². The summed E-state index contributed by atoms with van der Waals surface area (Å²) in [5.41, 5.74) is 1.69. The van der Waals surface area contributed by atoms with Crippen molar-refractivity contribution in [2.24, 2.45) is 0 Å². The first kappa shape index (κ1) is 13.2. The topological polar surface area (TPSA) is 52.6 Å². The molecule has 0 atom stereocenters. The first-order valence-corrected chi connectivity index (χ1v) is 5.21. The van der Waals surface area contributed by atoms with Crippen molar-refractivity contribution < 1.29 is 19.1 Å². The van der Waals surface area contributed by atoms with E-state index in [9.17, 15) is 9.59 Å². The van der Waals surface area contributed by atoms with Gasteiger partial charge >= 0.3 is 0 Å². The molecule has 92 valence electrons. The normalized spacial score (nSPS) is 16.3. The van der Waals surface area contributed by atoms with Gasteiger partial charge in [-0.05, 0) is 20.8 Å². The van der Waals surface area contributed by atoms with E-state index >= 15 is 0 Å². The summed E-state index contributed by atoms with van der Waals surface area (Å²) in [5, 5.41) is 0. The Morgan fingerprint density at radius 1 is 1.00 bits per heavy atom. The summed E-state index contributed by atoms with van der Waals surface area (Å²) in [6.07, 6.45) is 1.68. The number of methoxy groups -OCH3 is 2. The fraction of sp³-hybridized carbons (Fsp3) is 0.385. The van der Waals surface area contributed by atoms with Crippen molar-refractivity contribution >= 4 is 11.6 Å². The SMILES string of the molecule is COC1=C(OC)C(=O)C(C=C(C)C)=C(C)C1=O. The molecule has 0 spiro atoms. The number of hydrogen-bond donors (Lipinski definition) is 0. The molecule has 1 aliphatic rings. The van der Waals surface area contributed by atoms with Crippen LogP contribution in [0.1, 0.15) is 20.8 Å². The Hall–Kier alpha value is -1.84. The van der Waals surface area contributed by atoms with E-state index in [0.29, 0.717) is 11.1 Å². The highest BCUT2D eigenvalue weighted by molar-refractivity contribution is 6.24. The first-order valence-electron chi connectivity index (χ1n) is 5.21. The predicted molar refractivity (Wildman–Crippen MR) is 63.2 cm³/mol. The van der Waals surface area contributed by atoms with Crippen LogP contribution in [0.3, 0.4) is 0 Å². The van der Waals surface area contributed by atoms with Crippen LogP contribution in [0.2, 0.25) is 0 Å². The highest BCUT2D eigenvalue weighted by Gasteiger charge is 2.33. The molecule has 0 saturated heterocycles. The van der Waals surface area contributed by atoms with Crippen molar-refractivity contribution in [1.29, 1.82) is 0 Å². The lowest BCUT2D eigenvalue weighted by Gasteiger charge is -2.18. The fourth-order valence-electron chi connectivity index (χ4n) is 1.62. The third-order valence-electron chi connectivity index (χ3n) is 2.45. The summed E-state index contributed by atoms with van der Waals surface area (Å²) < 4.78 is 9.89. The minimum atomic E-state index is -0.317. The maximum absolute atomic E-state index is 12.1. The predicted octanol–water partition coefficient (Wildman–Crippen LogP) is 1.93. The second-order valence-electron chi connectivity index (χ2n) is 3.99. The molecule has 4 nitrogen and oxygen atoms in total. The van der Waals surface area contributed by atoms with E-state index in [1.165, 1.54) is 14.2 Å². The number of ether oxygens (including phenoxy) is 2. The van der Waals surface area contributed by atoms with Crippen molar-refractivity contribution in [2.45, 2.75) is 20.8 Å². The van der Waals surface area contributed by atoms with Crippen LogP contribution in [0.5, 0.6) is 0 Å². The molecule has 17 heavy (non-hydrogen) atoms. The highest BCUT2D eigenvalue weighted by Crippen LogP contribution is 2.26. The van der Waals surface area contributed by atoms with Gasteiger partial charge in [0, 0.05) is 11.1 Å². The lowest BCUT2D eigenvalue weighted by atomic mass is 9.92. The van der Waals surface area contributed by atoms with Crippen LogP contribution in [0.25, 0.3) is 0 Å². The van der Waals surface area contributed by atoms with Crippen molar-refractivity contribution in [3.63, 3.8) is 0 Å². The van der Waals surface area contributed by atoms with Gasteiger partial charge in [-0.1, -0.05) is 11.6 Å². The van der Waals surface area contributed by atoms with Crippen LogP contribution in [0.4, 0.5) is 0 Å². The van der Waals surface area contributed by atoms with E-state index in [-0.39, 0.29) is 23.1 Å². The molecule has 0 N–H and O–H groups in total. The summed E-state index contributed by atoms with van der Waals surface area (Å²) in [5.74, 6) is -0.685. The first-order chi connectivity index (χ1) is 7.93. The average Bonchev–Trinajstić information content (AvgIpc) is 2.28. The molecule has 0 aliphatic heterocycles. The van der Waals surface area contributed by atoms with Crippen LogP contribution >= 0.6 is 0 Å². The number of carbonyl (C=O) groups excluding carboxylic acids is 2. The maximum Gasteiger partial charge on any atom is 0.232 e. The monoisotopic (exact) mass is 236 g/mol. The van der Waals surface area contributed by atoms with Crippen LogP contribution < -0.4 is 0 Å². The molecule has 0 unspecified atom stereocenters. The molecule has 0 aromatic heterocycles. The van der Waals surface area contributed by atoms with E-state index in [1.54, 1.807) is 13.0 Å². The summed E-state index contributed by atoms with van der Waals surface area (Å²) in [7, 11) is 2.69. The molecule has 0 fully saturated rings. The van der Waals surface area contributed by atoms with Gasteiger partial charge in [-0.2, -0.15) is 0 Å². The van der Waals surface area contributed by atoms with Gasteiger partial charge in [0.15, 0.2) is 0 Å². The quantitative estimate of drug-likeness (QED) is 0.702. The molecule has 0 amide bonds. The molecule has 0 radical (unpaired) electrons. The zero-order chi connectivity index (χ0) is 13.2. The van der Waals surface area contributed by atoms with Gasteiger partial charge in [-0.25, -0.2) is 0 Å². The second kappa shape index (κ2) is 4.99. The standard InChI is InChI=1S/C13H16O4/c1-7(2)6-9-8(3)10(14)12(16-4)13(17-5)11(9)15/h6H,1-5H3. The van der Waals surface area contributed by atoms with Gasteiger partial charge in [0.1, 0.15) is 0 Å². The van der Waals surface area contributed by atoms with E-state index in [1.807, 2.05) is 13.8 Å². The largest absolute Gasteiger partial charge is 0.489 e. The molecule has 4 heteroatoms. The van der Waals surface area contributed by atoms with E-state index in [2.05, 4.69) is 0 Å². The van der Waals surface area contributed by atoms with E-state index < -0.39 is 0 Å².